The Bertz CT molecular complexity index is 378. The molecule has 3 nitrogen and oxygen atoms in total. The smallest absolute Gasteiger partial charge is 0.321 e. The summed E-state index contributed by atoms with van der Waals surface area (Å²) in [7, 11) is -4.14. The molecule has 2 N–H and O–H groups in total. The van der Waals surface area contributed by atoms with E-state index in [2.05, 4.69) is 6.58 Å². The van der Waals surface area contributed by atoms with E-state index in [-0.39, 0.29) is 5.30 Å². The average Bonchev–Trinajstić information content (AvgIpc) is 2.02. The molecule has 1 aromatic rings. The SMILES string of the molecule is C=Cc1cccc(P(=O)(O)O)c1C. The lowest BCUT2D eigenvalue weighted by Gasteiger charge is -2.09. The fraction of sp³-hybridized carbons (Fsp3) is 0.111. The average molecular weight is 198 g/mol. The van der Waals surface area contributed by atoms with Gasteiger partial charge in [-0.2, -0.15) is 0 Å². The summed E-state index contributed by atoms with van der Waals surface area (Å²) >= 11 is 0. The topological polar surface area (TPSA) is 57.5 Å². The highest BCUT2D eigenvalue weighted by Gasteiger charge is 2.19. The Morgan fingerprint density at radius 2 is 2.08 bits per heavy atom. The van der Waals surface area contributed by atoms with Crippen LogP contribution in [-0.4, -0.2) is 9.79 Å². The lowest BCUT2D eigenvalue weighted by Crippen LogP contribution is -2.09. The van der Waals surface area contributed by atoms with Crippen molar-refractivity contribution in [3.8, 4) is 0 Å². The zero-order chi connectivity index (χ0) is 10.1. The van der Waals surface area contributed by atoms with Gasteiger partial charge in [0.1, 0.15) is 0 Å². The standard InChI is InChI=1S/C9H11O3P/c1-3-8-5-4-6-9(7(8)2)13(10,11)12/h3-6H,1H2,2H3,(H2,10,11,12). The van der Waals surface area contributed by atoms with E-state index < -0.39 is 7.60 Å². The fourth-order valence-corrected chi connectivity index (χ4v) is 2.02. The molecule has 0 bridgehead atoms. The number of hydrogen-bond acceptors (Lipinski definition) is 1. The highest BCUT2D eigenvalue weighted by atomic mass is 31.2. The number of rotatable bonds is 2. The van der Waals surface area contributed by atoms with Gasteiger partial charge in [0.15, 0.2) is 0 Å². The summed E-state index contributed by atoms with van der Waals surface area (Å²) in [5, 5.41) is 0.0740. The molecule has 0 spiro atoms. The maximum Gasteiger partial charge on any atom is 0.356 e. The first-order valence-electron chi connectivity index (χ1n) is 3.75. The monoisotopic (exact) mass is 198 g/mol. The van der Waals surface area contributed by atoms with E-state index in [0.717, 1.165) is 5.56 Å². The minimum Gasteiger partial charge on any atom is -0.321 e. The van der Waals surface area contributed by atoms with Crippen LogP contribution in [0.1, 0.15) is 11.1 Å². The van der Waals surface area contributed by atoms with Crippen molar-refractivity contribution in [3.05, 3.63) is 35.9 Å². The zero-order valence-electron chi connectivity index (χ0n) is 7.27. The normalized spacial score (nSPS) is 11.3. The van der Waals surface area contributed by atoms with Crippen molar-refractivity contribution in [3.63, 3.8) is 0 Å². The van der Waals surface area contributed by atoms with Crippen LogP contribution in [0.4, 0.5) is 0 Å². The van der Waals surface area contributed by atoms with Gasteiger partial charge < -0.3 is 9.79 Å². The van der Waals surface area contributed by atoms with E-state index in [1.165, 1.54) is 6.07 Å². The van der Waals surface area contributed by atoms with E-state index in [1.807, 2.05) is 0 Å². The van der Waals surface area contributed by atoms with Crippen LogP contribution in [0.3, 0.4) is 0 Å². The molecular formula is C9H11O3P. The molecule has 0 saturated heterocycles. The van der Waals surface area contributed by atoms with E-state index in [9.17, 15) is 4.57 Å². The first kappa shape index (κ1) is 10.2. The third kappa shape index (κ3) is 2.07. The Hall–Kier alpha value is -0.890. The fourth-order valence-electron chi connectivity index (χ4n) is 1.18. The van der Waals surface area contributed by atoms with Crippen LogP contribution in [0, 0.1) is 6.92 Å². The molecule has 0 aromatic heterocycles. The second-order valence-corrected chi connectivity index (χ2v) is 4.31. The van der Waals surface area contributed by atoms with Gasteiger partial charge in [0.2, 0.25) is 0 Å². The summed E-state index contributed by atoms with van der Waals surface area (Å²) in [4.78, 5) is 17.9. The minimum atomic E-state index is -4.14. The first-order valence-corrected chi connectivity index (χ1v) is 5.36. The third-order valence-electron chi connectivity index (χ3n) is 1.88. The summed E-state index contributed by atoms with van der Waals surface area (Å²) in [6.07, 6.45) is 1.58. The van der Waals surface area contributed by atoms with Crippen LogP contribution in [0.15, 0.2) is 24.8 Å². The largest absolute Gasteiger partial charge is 0.356 e. The second kappa shape index (κ2) is 3.46. The molecule has 0 unspecified atom stereocenters. The molecular weight excluding hydrogens is 187 g/mol. The molecule has 0 fully saturated rings. The van der Waals surface area contributed by atoms with Crippen LogP contribution >= 0.6 is 7.60 Å². The lowest BCUT2D eigenvalue weighted by molar-refractivity contribution is 0.387. The van der Waals surface area contributed by atoms with Gasteiger partial charge in [-0.25, -0.2) is 0 Å². The molecule has 0 radical (unpaired) electrons. The Kier molecular flexibility index (Phi) is 2.71. The first-order chi connectivity index (χ1) is 5.96. The van der Waals surface area contributed by atoms with Crippen molar-refractivity contribution in [1.29, 1.82) is 0 Å². The summed E-state index contributed by atoms with van der Waals surface area (Å²) < 4.78 is 11.0. The molecule has 0 amide bonds. The molecule has 0 aliphatic carbocycles. The molecule has 13 heavy (non-hydrogen) atoms. The van der Waals surface area contributed by atoms with Gasteiger partial charge >= 0.3 is 7.60 Å². The van der Waals surface area contributed by atoms with Crippen LogP contribution in [0.5, 0.6) is 0 Å². The Balaban J connectivity index is 3.41. The van der Waals surface area contributed by atoms with E-state index in [4.69, 9.17) is 9.79 Å². The molecule has 4 heteroatoms. The van der Waals surface area contributed by atoms with Gasteiger partial charge in [-0.05, 0) is 24.1 Å². The van der Waals surface area contributed by atoms with Crippen molar-refractivity contribution < 1.29 is 14.4 Å². The zero-order valence-corrected chi connectivity index (χ0v) is 8.16. The maximum atomic E-state index is 11.0. The van der Waals surface area contributed by atoms with Gasteiger partial charge in [-0.3, -0.25) is 4.57 Å². The highest BCUT2D eigenvalue weighted by molar-refractivity contribution is 7.60. The van der Waals surface area contributed by atoms with Crippen LogP contribution in [0.25, 0.3) is 6.08 Å². The Labute approximate surface area is 76.9 Å². The van der Waals surface area contributed by atoms with Gasteiger partial charge in [-0.15, -0.1) is 0 Å². The van der Waals surface area contributed by atoms with Crippen molar-refractivity contribution in [2.45, 2.75) is 6.92 Å². The highest BCUT2D eigenvalue weighted by Crippen LogP contribution is 2.35. The Morgan fingerprint density at radius 1 is 1.46 bits per heavy atom. The van der Waals surface area contributed by atoms with Gasteiger partial charge in [0.05, 0.1) is 5.30 Å². The quantitative estimate of drug-likeness (QED) is 0.707. The number of hydrogen-bond donors (Lipinski definition) is 2. The van der Waals surface area contributed by atoms with Crippen molar-refractivity contribution >= 4 is 19.0 Å². The van der Waals surface area contributed by atoms with Crippen molar-refractivity contribution in [2.75, 3.05) is 0 Å². The number of benzene rings is 1. The van der Waals surface area contributed by atoms with Crippen molar-refractivity contribution in [2.24, 2.45) is 0 Å². The second-order valence-electron chi connectivity index (χ2n) is 2.74. The van der Waals surface area contributed by atoms with E-state index >= 15 is 0 Å². The predicted octanol–water partition coefficient (Wildman–Crippen LogP) is 1.44. The molecule has 0 saturated carbocycles. The van der Waals surface area contributed by atoms with Crippen LogP contribution < -0.4 is 5.30 Å². The lowest BCUT2D eigenvalue weighted by atomic mass is 10.1. The summed E-state index contributed by atoms with van der Waals surface area (Å²) in [5.41, 5.74) is 1.34. The van der Waals surface area contributed by atoms with Gasteiger partial charge in [0, 0.05) is 0 Å². The summed E-state index contributed by atoms with van der Waals surface area (Å²) in [6.45, 7) is 5.23. The molecule has 70 valence electrons. The Morgan fingerprint density at radius 3 is 2.54 bits per heavy atom. The van der Waals surface area contributed by atoms with Gasteiger partial charge in [0.25, 0.3) is 0 Å². The summed E-state index contributed by atoms with van der Waals surface area (Å²) in [5.74, 6) is 0. The molecule has 0 heterocycles. The van der Waals surface area contributed by atoms with Crippen LogP contribution in [0.2, 0.25) is 0 Å². The summed E-state index contributed by atoms with van der Waals surface area (Å²) in [6, 6.07) is 4.81. The molecule has 0 aliphatic rings. The third-order valence-corrected chi connectivity index (χ3v) is 2.99. The predicted molar refractivity (Wildman–Crippen MR) is 52.9 cm³/mol. The van der Waals surface area contributed by atoms with E-state index in [0.29, 0.717) is 5.56 Å². The minimum absolute atomic E-state index is 0.0740. The van der Waals surface area contributed by atoms with Gasteiger partial charge in [-0.1, -0.05) is 24.8 Å². The van der Waals surface area contributed by atoms with Crippen LogP contribution in [-0.2, 0) is 4.57 Å². The van der Waals surface area contributed by atoms with Crippen molar-refractivity contribution in [1.82, 2.24) is 0 Å². The van der Waals surface area contributed by atoms with E-state index in [1.54, 1.807) is 25.1 Å². The molecule has 0 atom stereocenters. The molecule has 1 aromatic carbocycles. The molecule has 0 aliphatic heterocycles. The maximum absolute atomic E-state index is 11.0. The molecule has 1 rings (SSSR count).